The van der Waals surface area contributed by atoms with Gasteiger partial charge in [0.15, 0.2) is 0 Å². The van der Waals surface area contributed by atoms with Crippen molar-refractivity contribution in [3.8, 4) is 0 Å². The highest BCUT2D eigenvalue weighted by atomic mass is 35.7. The highest BCUT2D eigenvalue weighted by Crippen LogP contribution is 1.95. The number of hydrogen-bond acceptors (Lipinski definition) is 0. The molecule has 0 aromatic rings. The van der Waals surface area contributed by atoms with E-state index in [2.05, 4.69) is 6.58 Å². The maximum atomic E-state index is 5.43. The van der Waals surface area contributed by atoms with E-state index in [9.17, 15) is 0 Å². The van der Waals surface area contributed by atoms with E-state index >= 15 is 0 Å². The van der Waals surface area contributed by atoms with Crippen LogP contribution in [0, 0.1) is 0 Å². The third-order valence-corrected chi connectivity index (χ3v) is 1.78. The van der Waals surface area contributed by atoms with E-state index in [-0.39, 0.29) is 0 Å². The van der Waals surface area contributed by atoms with Gasteiger partial charge in [-0.3, -0.25) is 0 Å². The second-order valence-corrected chi connectivity index (χ2v) is 5.50. The van der Waals surface area contributed by atoms with Crippen molar-refractivity contribution in [1.82, 2.24) is 0 Å². The fourth-order valence-corrected chi connectivity index (χ4v) is 0.992. The summed E-state index contributed by atoms with van der Waals surface area (Å²) < 4.78 is 0. The molecule has 0 aliphatic heterocycles. The Morgan fingerprint density at radius 3 is 2.14 bits per heavy atom. The fourth-order valence-electron chi connectivity index (χ4n) is 0.163. The molecular formula is C4H6Cl2Si. The lowest BCUT2D eigenvalue weighted by Crippen LogP contribution is -1.81. The maximum absolute atomic E-state index is 5.43. The van der Waals surface area contributed by atoms with E-state index in [0.29, 0.717) is 0 Å². The molecular weight excluding hydrogens is 147 g/mol. The summed E-state index contributed by atoms with van der Waals surface area (Å²) in [5.74, 6) is 0. The van der Waals surface area contributed by atoms with Crippen LogP contribution in [0.4, 0.5) is 0 Å². The smallest absolute Gasteiger partial charge is 0.145 e. The first-order valence-electron chi connectivity index (χ1n) is 1.84. The van der Waals surface area contributed by atoms with Crippen molar-refractivity contribution in [3.05, 3.63) is 24.4 Å². The van der Waals surface area contributed by atoms with Gasteiger partial charge in [0.2, 0.25) is 0 Å². The van der Waals surface area contributed by atoms with Crippen LogP contribution in [0.5, 0.6) is 0 Å². The quantitative estimate of drug-likeness (QED) is 0.323. The average molecular weight is 153 g/mol. The molecule has 7 heavy (non-hydrogen) atoms. The minimum atomic E-state index is -1.50. The van der Waals surface area contributed by atoms with Gasteiger partial charge in [0.25, 0.3) is 7.42 Å². The summed E-state index contributed by atoms with van der Waals surface area (Å²) in [5, 5.41) is 0. The second kappa shape index (κ2) is 4.44. The summed E-state index contributed by atoms with van der Waals surface area (Å²) in [5.41, 5.74) is 1.77. The first kappa shape index (κ1) is 7.28. The molecule has 0 fully saturated rings. The van der Waals surface area contributed by atoms with Gasteiger partial charge in [-0.1, -0.05) is 24.4 Å². The molecule has 0 heterocycles. The number of halogens is 2. The van der Waals surface area contributed by atoms with Gasteiger partial charge in [0, 0.05) is 0 Å². The molecule has 0 spiro atoms. The molecule has 0 amide bonds. The Bertz CT molecular complexity index is 77.8. The van der Waals surface area contributed by atoms with Gasteiger partial charge in [0.05, 0.1) is 0 Å². The second-order valence-electron chi connectivity index (χ2n) is 0.955. The van der Waals surface area contributed by atoms with E-state index in [1.54, 1.807) is 17.9 Å². The van der Waals surface area contributed by atoms with Crippen LogP contribution in [0.1, 0.15) is 0 Å². The molecule has 0 bridgehead atoms. The molecule has 0 saturated carbocycles. The molecule has 0 aromatic heterocycles. The molecule has 0 aliphatic rings. The monoisotopic (exact) mass is 152 g/mol. The van der Waals surface area contributed by atoms with Gasteiger partial charge in [0.1, 0.15) is 0 Å². The fraction of sp³-hybridized carbons (Fsp3) is 0. The van der Waals surface area contributed by atoms with Gasteiger partial charge in [-0.2, -0.15) is 0 Å². The van der Waals surface area contributed by atoms with Crippen LogP contribution in [0.3, 0.4) is 0 Å². The summed E-state index contributed by atoms with van der Waals surface area (Å²) >= 11 is 10.9. The highest BCUT2D eigenvalue weighted by Gasteiger charge is 1.88. The van der Waals surface area contributed by atoms with Crippen molar-refractivity contribution in [2.75, 3.05) is 0 Å². The largest absolute Gasteiger partial charge is 0.259 e. The van der Waals surface area contributed by atoms with Crippen LogP contribution in [-0.2, 0) is 0 Å². The molecule has 0 rings (SSSR count). The van der Waals surface area contributed by atoms with Crippen molar-refractivity contribution in [2.45, 2.75) is 0 Å². The Kier molecular flexibility index (Phi) is 4.61. The topological polar surface area (TPSA) is 0 Å². The van der Waals surface area contributed by atoms with Crippen molar-refractivity contribution in [2.24, 2.45) is 0 Å². The molecule has 0 N–H and O–H groups in total. The zero-order chi connectivity index (χ0) is 5.70. The molecule has 3 heteroatoms. The number of hydrogen-bond donors (Lipinski definition) is 0. The standard InChI is InChI=1S/C4H6Cl2Si/c1-2-3-4-7(5)6/h2-4,7H,1H2. The SMILES string of the molecule is C=CC=C[SiH](Cl)Cl. The summed E-state index contributed by atoms with van der Waals surface area (Å²) in [6.45, 7) is 3.45. The molecule has 0 nitrogen and oxygen atoms in total. The van der Waals surface area contributed by atoms with Crippen molar-refractivity contribution in [1.29, 1.82) is 0 Å². The normalized spacial score (nSPS) is 10.7. The minimum Gasteiger partial charge on any atom is -0.145 e. The van der Waals surface area contributed by atoms with Crippen molar-refractivity contribution in [3.63, 3.8) is 0 Å². The van der Waals surface area contributed by atoms with Crippen LogP contribution in [-0.4, -0.2) is 7.42 Å². The lowest BCUT2D eigenvalue weighted by atomic mass is 10.6. The Balaban J connectivity index is 3.25. The summed E-state index contributed by atoms with van der Waals surface area (Å²) in [7, 11) is -1.50. The third kappa shape index (κ3) is 6.28. The van der Waals surface area contributed by atoms with Gasteiger partial charge in [-0.05, 0) is 0 Å². The Morgan fingerprint density at radius 1 is 1.43 bits per heavy atom. The zero-order valence-electron chi connectivity index (χ0n) is 3.77. The Hall–Kier alpha value is 0.277. The Morgan fingerprint density at radius 2 is 2.00 bits per heavy atom. The summed E-state index contributed by atoms with van der Waals surface area (Å²) in [6, 6.07) is 0. The van der Waals surface area contributed by atoms with Crippen LogP contribution in [0.15, 0.2) is 24.4 Å². The molecule has 0 unspecified atom stereocenters. The highest BCUT2D eigenvalue weighted by molar-refractivity contribution is 7.36. The zero-order valence-corrected chi connectivity index (χ0v) is 6.44. The van der Waals surface area contributed by atoms with Crippen LogP contribution >= 0.6 is 22.2 Å². The molecule has 0 aliphatic carbocycles. The maximum Gasteiger partial charge on any atom is 0.259 e. The van der Waals surface area contributed by atoms with Crippen LogP contribution in [0.2, 0.25) is 0 Å². The lowest BCUT2D eigenvalue weighted by molar-refractivity contribution is 2.11. The number of allylic oxidation sites excluding steroid dienone is 2. The molecule has 0 saturated heterocycles. The van der Waals surface area contributed by atoms with Crippen LogP contribution in [0.25, 0.3) is 0 Å². The first-order chi connectivity index (χ1) is 3.27. The van der Waals surface area contributed by atoms with E-state index in [1.807, 2.05) is 0 Å². The van der Waals surface area contributed by atoms with E-state index in [4.69, 9.17) is 22.2 Å². The molecule has 0 atom stereocenters. The molecule has 0 aromatic carbocycles. The number of rotatable bonds is 2. The predicted octanol–water partition coefficient (Wildman–Crippen LogP) is 1.97. The average Bonchev–Trinajstić information content (AvgIpc) is 1.61. The van der Waals surface area contributed by atoms with E-state index < -0.39 is 7.42 Å². The van der Waals surface area contributed by atoms with E-state index in [0.717, 1.165) is 0 Å². The van der Waals surface area contributed by atoms with Gasteiger partial charge in [-0.15, -0.1) is 22.2 Å². The first-order valence-corrected chi connectivity index (χ1v) is 6.00. The Labute approximate surface area is 54.4 Å². The van der Waals surface area contributed by atoms with Crippen LogP contribution < -0.4 is 0 Å². The van der Waals surface area contributed by atoms with Crippen molar-refractivity contribution >= 4 is 29.6 Å². The van der Waals surface area contributed by atoms with Crippen molar-refractivity contribution < 1.29 is 0 Å². The van der Waals surface area contributed by atoms with Gasteiger partial charge < -0.3 is 0 Å². The third-order valence-electron chi connectivity index (χ3n) is 0.393. The minimum absolute atomic E-state index is 1.50. The van der Waals surface area contributed by atoms with Gasteiger partial charge in [-0.25, -0.2) is 0 Å². The summed E-state index contributed by atoms with van der Waals surface area (Å²) in [6.07, 6.45) is 3.42. The van der Waals surface area contributed by atoms with E-state index in [1.165, 1.54) is 0 Å². The lowest BCUT2D eigenvalue weighted by Gasteiger charge is -1.78. The molecule has 0 radical (unpaired) electrons. The predicted molar refractivity (Wildman–Crippen MR) is 38.2 cm³/mol. The summed E-state index contributed by atoms with van der Waals surface area (Å²) in [4.78, 5) is 0. The van der Waals surface area contributed by atoms with Gasteiger partial charge >= 0.3 is 0 Å². The molecule has 40 valence electrons.